The Morgan fingerprint density at radius 3 is 2.71 bits per heavy atom. The summed E-state index contributed by atoms with van der Waals surface area (Å²) in [5.74, 6) is -0.213. The molecule has 2 saturated heterocycles. The van der Waals surface area contributed by atoms with E-state index in [4.69, 9.17) is 9.47 Å². The van der Waals surface area contributed by atoms with E-state index < -0.39 is 0 Å². The van der Waals surface area contributed by atoms with Crippen LogP contribution in [-0.2, 0) is 14.3 Å². The number of esters is 1. The summed E-state index contributed by atoms with van der Waals surface area (Å²) in [6.07, 6.45) is 0.504. The van der Waals surface area contributed by atoms with Gasteiger partial charge >= 0.3 is 5.97 Å². The fourth-order valence-electron chi connectivity index (χ4n) is 1.87. The molecule has 1 aromatic rings. The normalized spacial score (nSPS) is 34.6. The van der Waals surface area contributed by atoms with E-state index in [9.17, 15) is 4.79 Å². The van der Waals surface area contributed by atoms with E-state index >= 15 is 0 Å². The highest BCUT2D eigenvalue weighted by atomic mass is 16.7. The van der Waals surface area contributed by atoms with Gasteiger partial charge in [0.15, 0.2) is 6.10 Å². The molecule has 0 bridgehead atoms. The Morgan fingerprint density at radius 1 is 1.21 bits per heavy atom. The number of ether oxygens (including phenoxy) is 2. The summed E-state index contributed by atoms with van der Waals surface area (Å²) in [5, 5.41) is 0. The van der Waals surface area contributed by atoms with Crippen LogP contribution in [0.2, 0.25) is 0 Å². The van der Waals surface area contributed by atoms with Gasteiger partial charge in [0.2, 0.25) is 0 Å². The molecule has 0 spiro atoms. The smallest absolute Gasteiger partial charge is 0.338 e. The molecule has 0 N–H and O–H groups in total. The number of cyclic esters (lactones) is 1. The van der Waals surface area contributed by atoms with Crippen molar-refractivity contribution in [2.24, 2.45) is 0 Å². The Labute approximate surface area is 81.6 Å². The van der Waals surface area contributed by atoms with E-state index in [1.54, 1.807) is 0 Å². The molecule has 2 fully saturated rings. The Kier molecular flexibility index (Phi) is 1.61. The Hall–Kier alpha value is -1.35. The summed E-state index contributed by atoms with van der Waals surface area (Å²) in [6.45, 7) is 0. The second-order valence-electron chi connectivity index (χ2n) is 3.67. The number of carbonyl (C=O) groups excluding carboxylic acids is 1. The van der Waals surface area contributed by atoms with Gasteiger partial charge in [0.05, 0.1) is 6.10 Å². The van der Waals surface area contributed by atoms with Crippen LogP contribution in [0.1, 0.15) is 18.1 Å². The minimum atomic E-state index is -0.269. The molecule has 0 amide bonds. The summed E-state index contributed by atoms with van der Waals surface area (Å²) in [4.78, 5) is 11.3. The number of rotatable bonds is 1. The summed E-state index contributed by atoms with van der Waals surface area (Å²) in [5.41, 5.74) is 1.05. The average molecular weight is 190 g/mol. The van der Waals surface area contributed by atoms with Gasteiger partial charge in [0, 0.05) is 6.42 Å². The fraction of sp³-hybridized carbons (Fsp3) is 0.364. The van der Waals surface area contributed by atoms with Crippen LogP contribution in [0.5, 0.6) is 0 Å². The zero-order chi connectivity index (χ0) is 9.54. The maximum atomic E-state index is 11.3. The number of hydrogen-bond donors (Lipinski definition) is 0. The summed E-state index contributed by atoms with van der Waals surface area (Å²) >= 11 is 0. The van der Waals surface area contributed by atoms with E-state index in [-0.39, 0.29) is 24.3 Å². The highest BCUT2D eigenvalue weighted by molar-refractivity contribution is 5.79. The van der Waals surface area contributed by atoms with Gasteiger partial charge in [-0.15, -0.1) is 0 Å². The largest absolute Gasteiger partial charge is 0.455 e. The number of fused-ring (bicyclic) bond motifs is 1. The highest BCUT2D eigenvalue weighted by Gasteiger charge is 2.52. The zero-order valence-electron chi connectivity index (χ0n) is 7.55. The molecule has 0 unspecified atom stereocenters. The lowest BCUT2D eigenvalue weighted by molar-refractivity contribution is -0.152. The molecule has 0 aromatic heterocycles. The first-order valence-electron chi connectivity index (χ1n) is 4.75. The third-order valence-corrected chi connectivity index (χ3v) is 2.69. The van der Waals surface area contributed by atoms with Crippen molar-refractivity contribution in [1.29, 1.82) is 0 Å². The summed E-state index contributed by atoms with van der Waals surface area (Å²) < 4.78 is 10.4. The van der Waals surface area contributed by atoms with Crippen molar-refractivity contribution in [1.82, 2.24) is 0 Å². The first-order valence-corrected chi connectivity index (χ1v) is 4.75. The van der Waals surface area contributed by atoms with Crippen LogP contribution < -0.4 is 0 Å². The first kappa shape index (κ1) is 8.00. The quantitative estimate of drug-likeness (QED) is 0.497. The van der Waals surface area contributed by atoms with E-state index in [2.05, 4.69) is 0 Å². The van der Waals surface area contributed by atoms with Crippen LogP contribution in [0.15, 0.2) is 30.3 Å². The van der Waals surface area contributed by atoms with Gasteiger partial charge in [0.25, 0.3) is 0 Å². The van der Waals surface area contributed by atoms with Crippen molar-refractivity contribution in [3.05, 3.63) is 35.9 Å². The molecule has 3 nitrogen and oxygen atoms in total. The average Bonchev–Trinajstić information content (AvgIpc) is 2.99. The van der Waals surface area contributed by atoms with Crippen LogP contribution in [0.25, 0.3) is 0 Å². The summed E-state index contributed by atoms with van der Waals surface area (Å²) in [6, 6.07) is 9.79. The van der Waals surface area contributed by atoms with Crippen LogP contribution in [0, 0.1) is 0 Å². The van der Waals surface area contributed by atoms with Gasteiger partial charge in [-0.25, -0.2) is 4.79 Å². The molecule has 3 rings (SSSR count). The fourth-order valence-corrected chi connectivity index (χ4v) is 1.87. The molecule has 1 aromatic carbocycles. The van der Waals surface area contributed by atoms with Gasteiger partial charge in [-0.3, -0.25) is 0 Å². The van der Waals surface area contributed by atoms with E-state index in [0.29, 0.717) is 0 Å². The Bertz CT molecular complexity index is 360. The molecular weight excluding hydrogens is 180 g/mol. The molecule has 3 atom stereocenters. The predicted octanol–water partition coefficient (Wildman–Crippen LogP) is 1.44. The van der Waals surface area contributed by atoms with Gasteiger partial charge in [-0.1, -0.05) is 30.3 Å². The SMILES string of the molecule is O=C1O[C@H](c2ccccc2)C[C@H]2O[C@@H]12. The van der Waals surface area contributed by atoms with Gasteiger partial charge in [-0.2, -0.15) is 0 Å². The van der Waals surface area contributed by atoms with E-state index in [1.165, 1.54) is 0 Å². The van der Waals surface area contributed by atoms with Gasteiger partial charge in [-0.05, 0) is 5.56 Å². The van der Waals surface area contributed by atoms with Crippen molar-refractivity contribution in [2.45, 2.75) is 24.7 Å². The van der Waals surface area contributed by atoms with Crippen LogP contribution >= 0.6 is 0 Å². The number of hydrogen-bond acceptors (Lipinski definition) is 3. The highest BCUT2D eigenvalue weighted by Crippen LogP contribution is 2.39. The number of carbonyl (C=O) groups is 1. The third-order valence-electron chi connectivity index (χ3n) is 2.69. The Morgan fingerprint density at radius 2 is 2.00 bits per heavy atom. The minimum Gasteiger partial charge on any atom is -0.455 e. The number of benzene rings is 1. The third kappa shape index (κ3) is 1.21. The maximum Gasteiger partial charge on any atom is 0.338 e. The maximum absolute atomic E-state index is 11.3. The molecule has 2 aliphatic rings. The number of epoxide rings is 1. The monoisotopic (exact) mass is 190 g/mol. The van der Waals surface area contributed by atoms with Crippen molar-refractivity contribution in [3.63, 3.8) is 0 Å². The van der Waals surface area contributed by atoms with Crippen molar-refractivity contribution in [2.75, 3.05) is 0 Å². The lowest BCUT2D eigenvalue weighted by Gasteiger charge is -2.19. The molecule has 2 heterocycles. The lowest BCUT2D eigenvalue weighted by atomic mass is 10.0. The van der Waals surface area contributed by atoms with Crippen LogP contribution in [-0.4, -0.2) is 18.2 Å². The van der Waals surface area contributed by atoms with Crippen LogP contribution in [0.4, 0.5) is 0 Å². The molecule has 0 aliphatic carbocycles. The van der Waals surface area contributed by atoms with Crippen molar-refractivity contribution >= 4 is 5.97 Å². The second-order valence-corrected chi connectivity index (χ2v) is 3.67. The minimum absolute atomic E-state index is 0.0986. The molecule has 72 valence electrons. The summed E-state index contributed by atoms with van der Waals surface area (Å²) in [7, 11) is 0. The van der Waals surface area contributed by atoms with E-state index in [1.807, 2.05) is 30.3 Å². The molecule has 14 heavy (non-hydrogen) atoms. The molecule has 0 radical (unpaired) electrons. The van der Waals surface area contributed by atoms with Gasteiger partial charge < -0.3 is 9.47 Å². The second kappa shape index (κ2) is 2.82. The zero-order valence-corrected chi connectivity index (χ0v) is 7.55. The van der Waals surface area contributed by atoms with Gasteiger partial charge in [0.1, 0.15) is 6.10 Å². The first-order chi connectivity index (χ1) is 6.84. The standard InChI is InChI=1S/C11H10O3/c12-11-10-9(13-10)6-8(14-11)7-4-2-1-3-5-7/h1-5,8-10H,6H2/t8-,9+,10+/m0/s1. The molecule has 0 saturated carbocycles. The topological polar surface area (TPSA) is 38.8 Å². The van der Waals surface area contributed by atoms with Crippen molar-refractivity contribution in [3.8, 4) is 0 Å². The molecule has 2 aliphatic heterocycles. The van der Waals surface area contributed by atoms with Crippen LogP contribution in [0.3, 0.4) is 0 Å². The van der Waals surface area contributed by atoms with E-state index in [0.717, 1.165) is 12.0 Å². The molecular formula is C11H10O3. The Balaban J connectivity index is 1.83. The molecule has 3 heteroatoms. The van der Waals surface area contributed by atoms with Crippen molar-refractivity contribution < 1.29 is 14.3 Å². The lowest BCUT2D eigenvalue weighted by Crippen LogP contribution is -2.24. The predicted molar refractivity (Wildman–Crippen MR) is 48.6 cm³/mol.